The van der Waals surface area contributed by atoms with Gasteiger partial charge in [-0.05, 0) is 56.2 Å². The molecule has 0 bridgehead atoms. The van der Waals surface area contributed by atoms with Gasteiger partial charge >= 0.3 is 0 Å². The largest absolute Gasteiger partial charge is 0.376 e. The molecule has 0 N–H and O–H groups in total. The van der Waals surface area contributed by atoms with Gasteiger partial charge in [-0.25, -0.2) is 0 Å². The lowest BCUT2D eigenvalue weighted by molar-refractivity contribution is 0.0200. The topological polar surface area (TPSA) is 60.3 Å². The van der Waals surface area contributed by atoms with Crippen molar-refractivity contribution in [1.82, 2.24) is 19.7 Å². The summed E-state index contributed by atoms with van der Waals surface area (Å²) in [5.41, 5.74) is 2.70. The molecular formula is C20H26N4O2. The van der Waals surface area contributed by atoms with Crippen LogP contribution in [0.2, 0.25) is 0 Å². The molecule has 1 saturated carbocycles. The molecule has 2 aromatic heterocycles. The molecule has 0 unspecified atom stereocenters. The van der Waals surface area contributed by atoms with Crippen LogP contribution in [-0.2, 0) is 18.2 Å². The number of rotatable bonds is 6. The zero-order valence-corrected chi connectivity index (χ0v) is 15.5. The Hall–Kier alpha value is -2.21. The minimum atomic E-state index is 0.0453. The number of amides is 1. The number of hydrogen-bond acceptors (Lipinski definition) is 4. The van der Waals surface area contributed by atoms with Crippen LogP contribution in [0.25, 0.3) is 0 Å². The fourth-order valence-corrected chi connectivity index (χ4v) is 3.64. The lowest BCUT2D eigenvalue weighted by atomic mass is 10.0. The van der Waals surface area contributed by atoms with Crippen LogP contribution in [0.3, 0.4) is 0 Å². The van der Waals surface area contributed by atoms with E-state index in [-0.39, 0.29) is 18.1 Å². The second-order valence-corrected chi connectivity index (χ2v) is 7.58. The van der Waals surface area contributed by atoms with E-state index in [0.717, 1.165) is 43.2 Å². The van der Waals surface area contributed by atoms with Crippen molar-refractivity contribution in [1.29, 1.82) is 0 Å². The van der Waals surface area contributed by atoms with Gasteiger partial charge in [0.05, 0.1) is 23.9 Å². The Balaban J connectivity index is 1.52. The van der Waals surface area contributed by atoms with Crippen LogP contribution in [0.1, 0.15) is 40.9 Å². The zero-order chi connectivity index (χ0) is 18.1. The lowest BCUT2D eigenvalue weighted by Crippen LogP contribution is -2.42. The van der Waals surface area contributed by atoms with Gasteiger partial charge in [0.1, 0.15) is 0 Å². The van der Waals surface area contributed by atoms with E-state index in [1.54, 1.807) is 10.9 Å². The van der Waals surface area contributed by atoms with Gasteiger partial charge in [0, 0.05) is 38.3 Å². The van der Waals surface area contributed by atoms with Crippen LogP contribution in [0.5, 0.6) is 0 Å². The first-order chi connectivity index (χ1) is 12.6. The molecule has 0 aromatic carbocycles. The van der Waals surface area contributed by atoms with E-state index in [1.807, 2.05) is 43.4 Å². The number of pyridine rings is 1. The molecule has 6 nitrogen and oxygen atoms in total. The summed E-state index contributed by atoms with van der Waals surface area (Å²) in [5, 5.41) is 4.27. The monoisotopic (exact) mass is 354 g/mol. The van der Waals surface area contributed by atoms with Crippen LogP contribution in [0, 0.1) is 12.8 Å². The average molecular weight is 354 g/mol. The molecule has 3 heterocycles. The highest BCUT2D eigenvalue weighted by Gasteiger charge is 2.39. The van der Waals surface area contributed by atoms with E-state index in [2.05, 4.69) is 10.1 Å². The Morgan fingerprint density at radius 3 is 2.77 bits per heavy atom. The molecule has 1 aliphatic heterocycles. The molecule has 1 aliphatic carbocycles. The number of carbonyl (C=O) groups is 1. The summed E-state index contributed by atoms with van der Waals surface area (Å²) >= 11 is 0. The minimum Gasteiger partial charge on any atom is -0.376 e. The summed E-state index contributed by atoms with van der Waals surface area (Å²) in [6, 6.07) is 3.80. The normalized spacial score (nSPS) is 22.8. The smallest absolute Gasteiger partial charge is 0.255 e. The van der Waals surface area contributed by atoms with Gasteiger partial charge < -0.3 is 9.64 Å². The zero-order valence-electron chi connectivity index (χ0n) is 15.5. The summed E-state index contributed by atoms with van der Waals surface area (Å²) in [6.45, 7) is 3.48. The highest BCUT2D eigenvalue weighted by atomic mass is 16.5. The maximum absolute atomic E-state index is 13.1. The minimum absolute atomic E-state index is 0.0453. The molecule has 2 fully saturated rings. The third-order valence-electron chi connectivity index (χ3n) is 5.35. The van der Waals surface area contributed by atoms with Crippen molar-refractivity contribution in [3.8, 4) is 0 Å². The van der Waals surface area contributed by atoms with Gasteiger partial charge in [0.25, 0.3) is 5.91 Å². The number of hydrogen-bond donors (Lipinski definition) is 0. The summed E-state index contributed by atoms with van der Waals surface area (Å²) in [5.74, 6) is 0.768. The lowest BCUT2D eigenvalue weighted by Gasteiger charge is -2.28. The number of nitrogens with zero attached hydrogens (tertiary/aromatic N) is 4. The standard InChI is InChI=1S/C20H26N4O2/c1-14-3-6-17(11-21-14)20(25)24-8-7-19(26-13-15-4-5-15)18(24)9-16-10-22-23(2)12-16/h3,6,10-12,15,18-19H,4-5,7-9,13H2,1-2H3/t18-,19+/m0/s1. The Bertz CT molecular complexity index is 766. The summed E-state index contributed by atoms with van der Waals surface area (Å²) in [7, 11) is 1.92. The van der Waals surface area contributed by atoms with Gasteiger partial charge in [-0.15, -0.1) is 0 Å². The van der Waals surface area contributed by atoms with Crippen molar-refractivity contribution >= 4 is 5.91 Å². The first-order valence-corrected chi connectivity index (χ1v) is 9.43. The van der Waals surface area contributed by atoms with Crippen LogP contribution >= 0.6 is 0 Å². The molecule has 138 valence electrons. The second kappa shape index (κ2) is 7.19. The van der Waals surface area contributed by atoms with E-state index >= 15 is 0 Å². The molecule has 0 spiro atoms. The summed E-state index contributed by atoms with van der Waals surface area (Å²) in [4.78, 5) is 19.3. The molecular weight excluding hydrogens is 328 g/mol. The van der Waals surface area contributed by atoms with Crippen LogP contribution in [0.4, 0.5) is 0 Å². The van der Waals surface area contributed by atoms with Crippen molar-refractivity contribution in [2.75, 3.05) is 13.2 Å². The molecule has 4 rings (SSSR count). The second-order valence-electron chi connectivity index (χ2n) is 7.58. The number of aryl methyl sites for hydroxylation is 2. The van der Waals surface area contributed by atoms with E-state index in [9.17, 15) is 4.79 Å². The maximum Gasteiger partial charge on any atom is 0.255 e. The molecule has 0 radical (unpaired) electrons. The quantitative estimate of drug-likeness (QED) is 0.799. The number of likely N-dealkylation sites (tertiary alicyclic amines) is 1. The Morgan fingerprint density at radius 2 is 2.12 bits per heavy atom. The van der Waals surface area contributed by atoms with E-state index in [1.165, 1.54) is 12.8 Å². The average Bonchev–Trinajstić information content (AvgIpc) is 3.25. The van der Waals surface area contributed by atoms with Gasteiger partial charge in [0.2, 0.25) is 0 Å². The number of aromatic nitrogens is 3. The third-order valence-corrected chi connectivity index (χ3v) is 5.35. The summed E-state index contributed by atoms with van der Waals surface area (Å²) < 4.78 is 8.02. The van der Waals surface area contributed by atoms with Gasteiger partial charge in [-0.2, -0.15) is 5.10 Å². The Kier molecular flexibility index (Phi) is 4.76. The molecule has 2 aromatic rings. The summed E-state index contributed by atoms with van der Waals surface area (Å²) in [6.07, 6.45) is 9.89. The molecule has 1 amide bonds. The number of carbonyl (C=O) groups excluding carboxylic acids is 1. The van der Waals surface area contributed by atoms with Crippen molar-refractivity contribution in [2.45, 2.75) is 44.8 Å². The van der Waals surface area contributed by atoms with Crippen LogP contribution in [0.15, 0.2) is 30.7 Å². The first-order valence-electron chi connectivity index (χ1n) is 9.43. The van der Waals surface area contributed by atoms with Crippen molar-refractivity contribution in [2.24, 2.45) is 13.0 Å². The fourth-order valence-electron chi connectivity index (χ4n) is 3.64. The Morgan fingerprint density at radius 1 is 1.27 bits per heavy atom. The van der Waals surface area contributed by atoms with Crippen LogP contribution < -0.4 is 0 Å². The molecule has 6 heteroatoms. The van der Waals surface area contributed by atoms with E-state index in [4.69, 9.17) is 4.74 Å². The van der Waals surface area contributed by atoms with Crippen LogP contribution in [-0.4, -0.2) is 50.9 Å². The predicted molar refractivity (Wildman–Crippen MR) is 97.8 cm³/mol. The van der Waals surface area contributed by atoms with Crippen molar-refractivity contribution < 1.29 is 9.53 Å². The SMILES string of the molecule is Cc1ccc(C(=O)N2CC[C@@H](OCC3CC3)[C@@H]2Cc2cnn(C)c2)cn1. The molecule has 2 atom stereocenters. The van der Waals surface area contributed by atoms with E-state index < -0.39 is 0 Å². The van der Waals surface area contributed by atoms with Gasteiger partial charge in [-0.1, -0.05) is 0 Å². The first kappa shape index (κ1) is 17.2. The number of ether oxygens (including phenoxy) is 1. The maximum atomic E-state index is 13.1. The molecule has 26 heavy (non-hydrogen) atoms. The Labute approximate surface area is 154 Å². The van der Waals surface area contributed by atoms with Crippen molar-refractivity contribution in [3.05, 3.63) is 47.5 Å². The van der Waals surface area contributed by atoms with Gasteiger partial charge in [-0.3, -0.25) is 14.5 Å². The highest BCUT2D eigenvalue weighted by Crippen LogP contribution is 2.32. The third kappa shape index (κ3) is 3.80. The highest BCUT2D eigenvalue weighted by molar-refractivity contribution is 5.94. The molecule has 1 saturated heterocycles. The van der Waals surface area contributed by atoms with Crippen molar-refractivity contribution in [3.63, 3.8) is 0 Å². The van der Waals surface area contributed by atoms with Gasteiger partial charge in [0.15, 0.2) is 0 Å². The molecule has 2 aliphatic rings. The van der Waals surface area contributed by atoms with E-state index in [0.29, 0.717) is 5.56 Å². The predicted octanol–water partition coefficient (Wildman–Crippen LogP) is 2.38. The fraction of sp³-hybridized carbons (Fsp3) is 0.550.